The molecule has 2 aliphatic rings. The zero-order chi connectivity index (χ0) is 19.2. The van der Waals surface area contributed by atoms with E-state index in [0.29, 0.717) is 38.0 Å². The van der Waals surface area contributed by atoms with Crippen LogP contribution >= 0.6 is 0 Å². The first-order chi connectivity index (χ1) is 13.0. The standard InChI is InChI=1S/C21H29N3O3/c22-19(25)16-10-12-24(13-11-16)21(27)18-8-6-15(7-9-18)14-23-20(26)17-4-2-1-3-5-17/h6-9,16-17H,1-5,10-14H2,(H2,22,25)(H,23,26). The molecular formula is C21H29N3O3. The second kappa shape index (κ2) is 9.02. The maximum Gasteiger partial charge on any atom is 0.253 e. The summed E-state index contributed by atoms with van der Waals surface area (Å²) in [5.74, 6) is -0.114. The van der Waals surface area contributed by atoms with Crippen molar-refractivity contribution in [2.24, 2.45) is 17.6 Å². The summed E-state index contributed by atoms with van der Waals surface area (Å²) in [6.45, 7) is 1.62. The number of carbonyl (C=O) groups excluding carboxylic acids is 3. The Morgan fingerprint density at radius 1 is 0.926 bits per heavy atom. The van der Waals surface area contributed by atoms with Crippen molar-refractivity contribution < 1.29 is 14.4 Å². The summed E-state index contributed by atoms with van der Waals surface area (Å²) in [6.07, 6.45) is 6.77. The van der Waals surface area contributed by atoms with Gasteiger partial charge < -0.3 is 16.0 Å². The Balaban J connectivity index is 1.49. The highest BCUT2D eigenvalue weighted by molar-refractivity contribution is 5.94. The van der Waals surface area contributed by atoms with Gasteiger partial charge in [0.25, 0.3) is 5.91 Å². The van der Waals surface area contributed by atoms with Crippen LogP contribution in [-0.4, -0.2) is 35.7 Å². The Kier molecular flexibility index (Phi) is 6.48. The smallest absolute Gasteiger partial charge is 0.253 e. The first-order valence-electron chi connectivity index (χ1n) is 10.00. The number of hydrogen-bond acceptors (Lipinski definition) is 3. The molecule has 0 radical (unpaired) electrons. The maximum atomic E-state index is 12.6. The van der Waals surface area contributed by atoms with Gasteiger partial charge in [-0.05, 0) is 43.4 Å². The monoisotopic (exact) mass is 371 g/mol. The molecule has 0 atom stereocenters. The van der Waals surface area contributed by atoms with Crippen LogP contribution in [0.4, 0.5) is 0 Å². The topological polar surface area (TPSA) is 92.5 Å². The second-order valence-electron chi connectivity index (χ2n) is 7.72. The SMILES string of the molecule is NC(=O)C1CCN(C(=O)c2ccc(CNC(=O)C3CCCCC3)cc2)CC1. The summed E-state index contributed by atoms with van der Waals surface area (Å²) >= 11 is 0. The van der Waals surface area contributed by atoms with Gasteiger partial charge in [0.15, 0.2) is 0 Å². The lowest BCUT2D eigenvalue weighted by atomic mass is 9.88. The first kappa shape index (κ1) is 19.4. The van der Waals surface area contributed by atoms with E-state index in [1.165, 1.54) is 6.42 Å². The van der Waals surface area contributed by atoms with E-state index in [-0.39, 0.29) is 29.6 Å². The molecule has 3 rings (SSSR count). The molecule has 146 valence electrons. The minimum absolute atomic E-state index is 0.0179. The third kappa shape index (κ3) is 5.08. The van der Waals surface area contributed by atoms with E-state index in [1.54, 1.807) is 4.90 Å². The Morgan fingerprint density at radius 3 is 2.15 bits per heavy atom. The minimum atomic E-state index is -0.276. The molecule has 6 heteroatoms. The Labute approximate surface area is 160 Å². The summed E-state index contributed by atoms with van der Waals surface area (Å²) in [5.41, 5.74) is 6.96. The fourth-order valence-electron chi connectivity index (χ4n) is 4.01. The Morgan fingerprint density at radius 2 is 1.56 bits per heavy atom. The second-order valence-corrected chi connectivity index (χ2v) is 7.72. The lowest BCUT2D eigenvalue weighted by Gasteiger charge is -2.30. The number of amides is 3. The van der Waals surface area contributed by atoms with Crippen LogP contribution in [0.15, 0.2) is 24.3 Å². The fraction of sp³-hybridized carbons (Fsp3) is 0.571. The largest absolute Gasteiger partial charge is 0.369 e. The first-order valence-corrected chi connectivity index (χ1v) is 10.00. The quantitative estimate of drug-likeness (QED) is 0.831. The van der Waals surface area contributed by atoms with Crippen LogP contribution in [0.1, 0.15) is 60.9 Å². The average molecular weight is 371 g/mol. The normalized spacial score (nSPS) is 18.9. The highest BCUT2D eigenvalue weighted by atomic mass is 16.2. The van der Waals surface area contributed by atoms with E-state index in [2.05, 4.69) is 5.32 Å². The van der Waals surface area contributed by atoms with Crippen molar-refractivity contribution in [2.75, 3.05) is 13.1 Å². The Hall–Kier alpha value is -2.37. The molecule has 1 aromatic carbocycles. The predicted molar refractivity (Wildman–Crippen MR) is 103 cm³/mol. The van der Waals surface area contributed by atoms with Gasteiger partial charge in [-0.3, -0.25) is 14.4 Å². The molecule has 1 heterocycles. The number of hydrogen-bond donors (Lipinski definition) is 2. The third-order valence-electron chi connectivity index (χ3n) is 5.83. The van der Waals surface area contributed by atoms with E-state index in [9.17, 15) is 14.4 Å². The number of nitrogens with zero attached hydrogens (tertiary/aromatic N) is 1. The van der Waals surface area contributed by atoms with Crippen molar-refractivity contribution in [1.82, 2.24) is 10.2 Å². The van der Waals surface area contributed by atoms with E-state index in [1.807, 2.05) is 24.3 Å². The molecule has 1 aliphatic heterocycles. The number of carbonyl (C=O) groups is 3. The third-order valence-corrected chi connectivity index (χ3v) is 5.83. The fourth-order valence-corrected chi connectivity index (χ4v) is 4.01. The molecular weight excluding hydrogens is 342 g/mol. The summed E-state index contributed by atoms with van der Waals surface area (Å²) in [6, 6.07) is 7.41. The summed E-state index contributed by atoms with van der Waals surface area (Å²) in [4.78, 5) is 37.8. The number of piperidine rings is 1. The van der Waals surface area contributed by atoms with Gasteiger partial charge in [-0.25, -0.2) is 0 Å². The van der Waals surface area contributed by atoms with Gasteiger partial charge in [0.1, 0.15) is 0 Å². The van der Waals surface area contributed by atoms with Crippen molar-refractivity contribution >= 4 is 17.7 Å². The number of benzene rings is 1. The van der Waals surface area contributed by atoms with Crippen LogP contribution in [0.5, 0.6) is 0 Å². The summed E-state index contributed by atoms with van der Waals surface area (Å²) < 4.78 is 0. The molecule has 0 aromatic heterocycles. The van der Waals surface area contributed by atoms with Gasteiger partial charge in [-0.1, -0.05) is 31.4 Å². The summed E-state index contributed by atoms with van der Waals surface area (Å²) in [5, 5.41) is 3.02. The van der Waals surface area contributed by atoms with Crippen LogP contribution in [0.2, 0.25) is 0 Å². The van der Waals surface area contributed by atoms with Gasteiger partial charge in [-0.2, -0.15) is 0 Å². The molecule has 1 aromatic rings. The van der Waals surface area contributed by atoms with Crippen LogP contribution in [0, 0.1) is 11.8 Å². The highest BCUT2D eigenvalue weighted by Crippen LogP contribution is 2.24. The van der Waals surface area contributed by atoms with Gasteiger partial charge in [-0.15, -0.1) is 0 Å². The molecule has 2 fully saturated rings. The molecule has 0 spiro atoms. The number of primary amides is 1. The molecule has 6 nitrogen and oxygen atoms in total. The molecule has 3 amide bonds. The van der Waals surface area contributed by atoms with Crippen LogP contribution in [0.25, 0.3) is 0 Å². The van der Waals surface area contributed by atoms with E-state index in [4.69, 9.17) is 5.73 Å². The number of rotatable bonds is 5. The molecule has 1 aliphatic carbocycles. The van der Waals surface area contributed by atoms with Gasteiger partial charge in [0.05, 0.1) is 0 Å². The average Bonchev–Trinajstić information content (AvgIpc) is 2.72. The number of likely N-dealkylation sites (tertiary alicyclic amines) is 1. The number of nitrogens with one attached hydrogen (secondary N) is 1. The van der Waals surface area contributed by atoms with E-state index >= 15 is 0 Å². The van der Waals surface area contributed by atoms with Gasteiger partial charge in [0, 0.05) is 37.0 Å². The van der Waals surface area contributed by atoms with Crippen molar-refractivity contribution in [1.29, 1.82) is 0 Å². The molecule has 0 bridgehead atoms. The van der Waals surface area contributed by atoms with Crippen LogP contribution < -0.4 is 11.1 Å². The summed E-state index contributed by atoms with van der Waals surface area (Å²) in [7, 11) is 0. The molecule has 1 saturated carbocycles. The maximum absolute atomic E-state index is 12.6. The van der Waals surface area contributed by atoms with E-state index < -0.39 is 0 Å². The number of nitrogens with two attached hydrogens (primary N) is 1. The lowest BCUT2D eigenvalue weighted by molar-refractivity contribution is -0.126. The zero-order valence-electron chi connectivity index (χ0n) is 15.8. The van der Waals surface area contributed by atoms with Crippen LogP contribution in [0.3, 0.4) is 0 Å². The van der Waals surface area contributed by atoms with Crippen molar-refractivity contribution in [2.45, 2.75) is 51.5 Å². The molecule has 0 unspecified atom stereocenters. The predicted octanol–water partition coefficient (Wildman–Crippen LogP) is 2.22. The highest BCUT2D eigenvalue weighted by Gasteiger charge is 2.26. The van der Waals surface area contributed by atoms with Crippen molar-refractivity contribution in [3.05, 3.63) is 35.4 Å². The van der Waals surface area contributed by atoms with E-state index in [0.717, 1.165) is 31.2 Å². The van der Waals surface area contributed by atoms with Crippen molar-refractivity contribution in [3.8, 4) is 0 Å². The molecule has 3 N–H and O–H groups in total. The van der Waals surface area contributed by atoms with Crippen LogP contribution in [-0.2, 0) is 16.1 Å². The zero-order valence-corrected chi connectivity index (χ0v) is 15.8. The van der Waals surface area contributed by atoms with Crippen molar-refractivity contribution in [3.63, 3.8) is 0 Å². The lowest BCUT2D eigenvalue weighted by Crippen LogP contribution is -2.41. The Bertz CT molecular complexity index is 672. The van der Waals surface area contributed by atoms with Gasteiger partial charge >= 0.3 is 0 Å². The minimum Gasteiger partial charge on any atom is -0.369 e. The van der Waals surface area contributed by atoms with Gasteiger partial charge in [0.2, 0.25) is 11.8 Å². The molecule has 1 saturated heterocycles. The molecule has 27 heavy (non-hydrogen) atoms.